The van der Waals surface area contributed by atoms with E-state index in [-0.39, 0.29) is 17.1 Å². The number of nitrogens with zero attached hydrogens (tertiary/aromatic N) is 3. The molecule has 0 fully saturated rings. The van der Waals surface area contributed by atoms with Crippen LogP contribution in [0.3, 0.4) is 0 Å². The summed E-state index contributed by atoms with van der Waals surface area (Å²) >= 11 is 3.17. The van der Waals surface area contributed by atoms with Crippen LogP contribution in [0.5, 0.6) is 0 Å². The molecule has 1 heterocycles. The van der Waals surface area contributed by atoms with Gasteiger partial charge in [-0.25, -0.2) is 4.68 Å². The smallest absolute Gasteiger partial charge is 0.280 e. The quantitative estimate of drug-likeness (QED) is 0.505. The van der Waals surface area contributed by atoms with Gasteiger partial charge in [0.1, 0.15) is 0 Å². The molecule has 1 N–H and O–H groups in total. The number of aromatic nitrogens is 2. The average molecular weight is 429 g/mol. The van der Waals surface area contributed by atoms with Crippen LogP contribution in [0.25, 0.3) is 5.69 Å². The van der Waals surface area contributed by atoms with Gasteiger partial charge in [-0.15, -0.1) is 0 Å². The molecule has 0 aliphatic carbocycles. The lowest BCUT2D eigenvalue weighted by molar-refractivity contribution is -0.384. The van der Waals surface area contributed by atoms with Gasteiger partial charge in [0.05, 0.1) is 16.3 Å². The summed E-state index contributed by atoms with van der Waals surface area (Å²) in [6, 6.07) is 12.6. The third kappa shape index (κ3) is 4.09. The number of nitrogens with one attached hydrogen (secondary N) is 1. The highest BCUT2D eigenvalue weighted by atomic mass is 79.9. The van der Waals surface area contributed by atoms with Crippen molar-refractivity contribution in [1.82, 2.24) is 9.78 Å². The summed E-state index contributed by atoms with van der Waals surface area (Å²) < 4.78 is 1.76. The average Bonchev–Trinajstić information content (AvgIpc) is 2.63. The fourth-order valence-corrected chi connectivity index (χ4v) is 2.85. The molecule has 8 nitrogen and oxygen atoms in total. The Morgan fingerprint density at radius 2 is 2.00 bits per heavy atom. The number of hydrogen-bond acceptors (Lipinski definition) is 5. The number of rotatable bonds is 4. The number of anilines is 1. The lowest BCUT2D eigenvalue weighted by atomic mass is 10.2. The van der Waals surface area contributed by atoms with E-state index in [4.69, 9.17) is 0 Å². The van der Waals surface area contributed by atoms with Crippen molar-refractivity contribution in [2.75, 3.05) is 5.32 Å². The van der Waals surface area contributed by atoms with Gasteiger partial charge in [-0.1, -0.05) is 12.1 Å². The number of carbonyl (C=O) groups excluding carboxylic acids is 1. The van der Waals surface area contributed by atoms with Gasteiger partial charge in [0.15, 0.2) is 5.69 Å². The van der Waals surface area contributed by atoms with Gasteiger partial charge in [-0.3, -0.25) is 19.7 Å². The highest BCUT2D eigenvalue weighted by molar-refractivity contribution is 9.10. The first-order chi connectivity index (χ1) is 12.8. The van der Waals surface area contributed by atoms with E-state index in [1.807, 2.05) is 25.1 Å². The third-order valence-corrected chi connectivity index (χ3v) is 4.36. The van der Waals surface area contributed by atoms with Crippen LogP contribution in [0.15, 0.2) is 64.0 Å². The second-order valence-corrected chi connectivity index (χ2v) is 6.54. The number of carbonyl (C=O) groups is 1. The highest BCUT2D eigenvalue weighted by Crippen LogP contribution is 2.27. The predicted molar refractivity (Wildman–Crippen MR) is 103 cm³/mol. The molecule has 1 amide bonds. The number of aryl methyl sites for hydroxylation is 1. The second kappa shape index (κ2) is 7.50. The number of halogens is 1. The Bertz CT molecular complexity index is 1110. The molecule has 0 aliphatic rings. The van der Waals surface area contributed by atoms with E-state index in [9.17, 15) is 19.7 Å². The second-order valence-electron chi connectivity index (χ2n) is 5.69. The molecule has 0 bridgehead atoms. The van der Waals surface area contributed by atoms with E-state index in [1.54, 1.807) is 6.07 Å². The Hall–Kier alpha value is -3.33. The van der Waals surface area contributed by atoms with Crippen LogP contribution < -0.4 is 10.7 Å². The van der Waals surface area contributed by atoms with Gasteiger partial charge in [0, 0.05) is 28.9 Å². The maximum Gasteiger partial charge on any atom is 0.280 e. The first-order valence-corrected chi connectivity index (χ1v) is 8.57. The fraction of sp³-hybridized carbons (Fsp3) is 0.0556. The van der Waals surface area contributed by atoms with Crippen LogP contribution in [-0.4, -0.2) is 20.6 Å². The summed E-state index contributed by atoms with van der Waals surface area (Å²) in [5.41, 5.74) is 1.06. The summed E-state index contributed by atoms with van der Waals surface area (Å²) in [6.45, 7) is 1.92. The molecule has 3 aromatic rings. The molecule has 0 atom stereocenters. The minimum absolute atomic E-state index is 0.125. The van der Waals surface area contributed by atoms with Crippen molar-refractivity contribution in [3.63, 3.8) is 0 Å². The van der Waals surface area contributed by atoms with Gasteiger partial charge in [-0.05, 0) is 46.6 Å². The van der Waals surface area contributed by atoms with Crippen molar-refractivity contribution in [3.8, 4) is 5.69 Å². The number of hydrogen-bond donors (Lipinski definition) is 1. The van der Waals surface area contributed by atoms with Crippen LogP contribution in [0, 0.1) is 17.0 Å². The van der Waals surface area contributed by atoms with Crippen molar-refractivity contribution in [2.45, 2.75) is 6.92 Å². The van der Waals surface area contributed by atoms with E-state index < -0.39 is 16.3 Å². The standard InChI is InChI=1S/C18H13BrN4O4/c1-11-3-2-4-12(9-11)22-8-7-16(24)17(21-22)18(25)20-15-6-5-13(23(26)27)10-14(15)19/h2-10H,1H3,(H,20,25). The van der Waals surface area contributed by atoms with Crippen LogP contribution in [0.2, 0.25) is 0 Å². The van der Waals surface area contributed by atoms with E-state index in [0.717, 1.165) is 5.56 Å². The molecule has 0 spiro atoms. The molecule has 27 heavy (non-hydrogen) atoms. The Morgan fingerprint density at radius 1 is 1.22 bits per heavy atom. The maximum atomic E-state index is 12.5. The van der Waals surface area contributed by atoms with Crippen molar-refractivity contribution >= 4 is 33.2 Å². The Balaban J connectivity index is 1.92. The van der Waals surface area contributed by atoms with Crippen LogP contribution >= 0.6 is 15.9 Å². The number of non-ortho nitro benzene ring substituents is 1. The Morgan fingerprint density at radius 3 is 2.67 bits per heavy atom. The number of nitro benzene ring substituents is 1. The third-order valence-electron chi connectivity index (χ3n) is 3.70. The van der Waals surface area contributed by atoms with Gasteiger partial charge in [0.25, 0.3) is 11.6 Å². The maximum absolute atomic E-state index is 12.5. The Kier molecular flexibility index (Phi) is 5.13. The molecule has 0 saturated carbocycles. The molecule has 3 rings (SSSR count). The normalized spacial score (nSPS) is 10.4. The SMILES string of the molecule is Cc1cccc(-n2ccc(=O)c(C(=O)Nc3ccc([N+](=O)[O-])cc3Br)n2)c1. The van der Waals surface area contributed by atoms with E-state index in [0.29, 0.717) is 10.2 Å². The lowest BCUT2D eigenvalue weighted by Crippen LogP contribution is -2.25. The molecule has 0 aliphatic heterocycles. The zero-order valence-corrected chi connectivity index (χ0v) is 15.6. The zero-order chi connectivity index (χ0) is 19.6. The molecular weight excluding hydrogens is 416 g/mol. The number of benzene rings is 2. The molecule has 0 saturated heterocycles. The first-order valence-electron chi connectivity index (χ1n) is 7.77. The van der Waals surface area contributed by atoms with Crippen LogP contribution in [-0.2, 0) is 0 Å². The van der Waals surface area contributed by atoms with Crippen molar-refractivity contribution in [2.24, 2.45) is 0 Å². The zero-order valence-electron chi connectivity index (χ0n) is 14.0. The largest absolute Gasteiger partial charge is 0.319 e. The molecule has 0 radical (unpaired) electrons. The lowest BCUT2D eigenvalue weighted by Gasteiger charge is -2.09. The van der Waals surface area contributed by atoms with Crippen molar-refractivity contribution < 1.29 is 9.72 Å². The summed E-state index contributed by atoms with van der Waals surface area (Å²) in [5.74, 6) is -0.712. The topological polar surface area (TPSA) is 107 Å². The van der Waals surface area contributed by atoms with E-state index in [1.165, 1.54) is 35.1 Å². The molecule has 9 heteroatoms. The summed E-state index contributed by atoms with van der Waals surface area (Å²) in [7, 11) is 0. The first kappa shape index (κ1) is 18.5. The van der Waals surface area contributed by atoms with Crippen LogP contribution in [0.4, 0.5) is 11.4 Å². The van der Waals surface area contributed by atoms with E-state index in [2.05, 4.69) is 26.3 Å². The van der Waals surface area contributed by atoms with Crippen molar-refractivity contribution in [3.05, 3.63) is 90.8 Å². The highest BCUT2D eigenvalue weighted by Gasteiger charge is 2.16. The molecular formula is C18H13BrN4O4. The molecule has 2 aromatic carbocycles. The number of nitro groups is 1. The minimum Gasteiger partial charge on any atom is -0.319 e. The summed E-state index contributed by atoms with van der Waals surface area (Å²) in [5, 5.41) is 17.5. The van der Waals surface area contributed by atoms with Crippen LogP contribution in [0.1, 0.15) is 16.1 Å². The fourth-order valence-electron chi connectivity index (χ4n) is 2.38. The monoisotopic (exact) mass is 428 g/mol. The molecule has 136 valence electrons. The van der Waals surface area contributed by atoms with E-state index >= 15 is 0 Å². The molecule has 0 unspecified atom stereocenters. The Labute approximate surface area is 161 Å². The van der Waals surface area contributed by atoms with Gasteiger partial charge >= 0.3 is 0 Å². The van der Waals surface area contributed by atoms with Gasteiger partial charge in [0.2, 0.25) is 5.43 Å². The van der Waals surface area contributed by atoms with Gasteiger partial charge < -0.3 is 5.32 Å². The summed E-state index contributed by atoms with van der Waals surface area (Å²) in [6.07, 6.45) is 1.48. The predicted octanol–water partition coefficient (Wildman–Crippen LogP) is 3.46. The minimum atomic E-state index is -0.712. The number of amides is 1. The molecule has 1 aromatic heterocycles. The summed E-state index contributed by atoms with van der Waals surface area (Å²) in [4.78, 5) is 34.9. The van der Waals surface area contributed by atoms with Crippen molar-refractivity contribution in [1.29, 1.82) is 0 Å². The van der Waals surface area contributed by atoms with Gasteiger partial charge in [-0.2, -0.15) is 5.10 Å².